The Morgan fingerprint density at radius 2 is 2.05 bits per heavy atom. The monoisotopic (exact) mass is 293 g/mol. The minimum Gasteiger partial charge on any atom is -0.496 e. The SMILES string of the molecule is COc1ccccc1C(=O)NCC1(OCCO)CCCC1. The van der Waals surface area contributed by atoms with E-state index < -0.39 is 0 Å². The molecule has 0 unspecified atom stereocenters. The number of amides is 1. The summed E-state index contributed by atoms with van der Waals surface area (Å²) in [7, 11) is 1.55. The van der Waals surface area contributed by atoms with Gasteiger partial charge in [-0.05, 0) is 25.0 Å². The van der Waals surface area contributed by atoms with E-state index >= 15 is 0 Å². The number of nitrogens with one attached hydrogen (secondary N) is 1. The topological polar surface area (TPSA) is 67.8 Å². The number of benzene rings is 1. The van der Waals surface area contributed by atoms with Crippen molar-refractivity contribution >= 4 is 5.91 Å². The Balaban J connectivity index is 1.98. The zero-order valence-electron chi connectivity index (χ0n) is 12.4. The predicted octanol–water partition coefficient (Wildman–Crippen LogP) is 1.75. The average Bonchev–Trinajstić information content (AvgIpc) is 3.00. The standard InChI is InChI=1S/C16H23NO4/c1-20-14-7-3-2-6-13(14)15(19)17-12-16(21-11-10-18)8-4-5-9-16/h2-3,6-7,18H,4-5,8-12H2,1H3,(H,17,19). The minimum atomic E-state index is -0.333. The highest BCUT2D eigenvalue weighted by Gasteiger charge is 2.35. The number of hydrogen-bond acceptors (Lipinski definition) is 4. The second kappa shape index (κ2) is 7.43. The first-order valence-electron chi connectivity index (χ1n) is 7.37. The van der Waals surface area contributed by atoms with Gasteiger partial charge < -0.3 is 19.9 Å². The molecule has 0 radical (unpaired) electrons. The number of rotatable bonds is 7. The molecular formula is C16H23NO4. The lowest BCUT2D eigenvalue weighted by molar-refractivity contribution is -0.0511. The Hall–Kier alpha value is -1.59. The zero-order chi connectivity index (χ0) is 15.1. The van der Waals surface area contributed by atoms with Crippen molar-refractivity contribution in [3.05, 3.63) is 29.8 Å². The van der Waals surface area contributed by atoms with E-state index in [9.17, 15) is 4.79 Å². The second-order valence-corrected chi connectivity index (χ2v) is 5.35. The Labute approximate surface area is 125 Å². The van der Waals surface area contributed by atoms with Gasteiger partial charge in [-0.1, -0.05) is 25.0 Å². The second-order valence-electron chi connectivity index (χ2n) is 5.35. The maximum atomic E-state index is 12.3. The summed E-state index contributed by atoms with van der Waals surface area (Å²) in [5.41, 5.74) is 0.190. The highest BCUT2D eigenvalue weighted by Crippen LogP contribution is 2.32. The molecule has 5 nitrogen and oxygen atoms in total. The van der Waals surface area contributed by atoms with Crippen LogP contribution in [0.4, 0.5) is 0 Å². The molecule has 5 heteroatoms. The van der Waals surface area contributed by atoms with Crippen molar-refractivity contribution in [1.29, 1.82) is 0 Å². The molecule has 0 saturated heterocycles. The third kappa shape index (κ3) is 3.95. The molecular weight excluding hydrogens is 270 g/mol. The number of ether oxygens (including phenoxy) is 2. The first kappa shape index (κ1) is 15.8. The summed E-state index contributed by atoms with van der Waals surface area (Å²) in [4.78, 5) is 12.3. The molecule has 0 atom stereocenters. The molecule has 1 saturated carbocycles. The van der Waals surface area contributed by atoms with Crippen LogP contribution in [0.3, 0.4) is 0 Å². The molecule has 1 amide bonds. The Morgan fingerprint density at radius 3 is 2.71 bits per heavy atom. The fourth-order valence-electron chi connectivity index (χ4n) is 2.82. The van der Waals surface area contributed by atoms with Gasteiger partial charge >= 0.3 is 0 Å². The summed E-state index contributed by atoms with van der Waals surface area (Å²) in [5, 5.41) is 11.9. The number of para-hydroxylation sites is 1. The molecule has 2 N–H and O–H groups in total. The number of hydrogen-bond donors (Lipinski definition) is 2. The summed E-state index contributed by atoms with van der Waals surface area (Å²) >= 11 is 0. The summed E-state index contributed by atoms with van der Waals surface area (Å²) in [6, 6.07) is 7.15. The smallest absolute Gasteiger partial charge is 0.255 e. The van der Waals surface area contributed by atoms with Gasteiger partial charge in [0.05, 0.1) is 31.5 Å². The van der Waals surface area contributed by atoms with Crippen molar-refractivity contribution in [2.24, 2.45) is 0 Å². The fourth-order valence-corrected chi connectivity index (χ4v) is 2.82. The van der Waals surface area contributed by atoms with E-state index in [0.29, 0.717) is 24.5 Å². The van der Waals surface area contributed by atoms with Crippen LogP contribution in [0.15, 0.2) is 24.3 Å². The third-order valence-corrected chi connectivity index (χ3v) is 3.94. The van der Waals surface area contributed by atoms with E-state index in [4.69, 9.17) is 14.6 Å². The van der Waals surface area contributed by atoms with Gasteiger partial charge in [-0.15, -0.1) is 0 Å². The van der Waals surface area contributed by atoms with Crippen LogP contribution in [-0.2, 0) is 4.74 Å². The number of methoxy groups -OCH3 is 1. The van der Waals surface area contributed by atoms with Crippen molar-refractivity contribution in [2.75, 3.05) is 26.9 Å². The van der Waals surface area contributed by atoms with Crippen LogP contribution in [0, 0.1) is 0 Å². The summed E-state index contributed by atoms with van der Waals surface area (Å²) in [6.07, 6.45) is 4.02. The molecule has 116 valence electrons. The summed E-state index contributed by atoms with van der Waals surface area (Å²) in [6.45, 7) is 0.774. The quantitative estimate of drug-likeness (QED) is 0.803. The van der Waals surface area contributed by atoms with Gasteiger partial charge in [0.15, 0.2) is 0 Å². The lowest BCUT2D eigenvalue weighted by Gasteiger charge is -2.29. The molecule has 0 aliphatic heterocycles. The van der Waals surface area contributed by atoms with Gasteiger partial charge in [0.2, 0.25) is 0 Å². The van der Waals surface area contributed by atoms with Crippen LogP contribution >= 0.6 is 0 Å². The molecule has 0 heterocycles. The van der Waals surface area contributed by atoms with Gasteiger partial charge in [0, 0.05) is 6.54 Å². The first-order chi connectivity index (χ1) is 10.2. The highest BCUT2D eigenvalue weighted by molar-refractivity contribution is 5.96. The van der Waals surface area contributed by atoms with Gasteiger partial charge in [-0.2, -0.15) is 0 Å². The van der Waals surface area contributed by atoms with Crippen LogP contribution in [0.5, 0.6) is 5.75 Å². The number of carbonyl (C=O) groups is 1. The van der Waals surface area contributed by atoms with Crippen molar-refractivity contribution in [2.45, 2.75) is 31.3 Å². The maximum absolute atomic E-state index is 12.3. The highest BCUT2D eigenvalue weighted by atomic mass is 16.5. The first-order valence-corrected chi connectivity index (χ1v) is 7.37. The van der Waals surface area contributed by atoms with E-state index in [1.165, 1.54) is 0 Å². The Bertz CT molecular complexity index is 469. The van der Waals surface area contributed by atoms with Crippen LogP contribution in [0.25, 0.3) is 0 Å². The predicted molar refractivity (Wildman–Crippen MR) is 79.6 cm³/mol. The molecule has 1 aromatic rings. The fraction of sp³-hybridized carbons (Fsp3) is 0.562. The van der Waals surface area contributed by atoms with E-state index in [0.717, 1.165) is 25.7 Å². The molecule has 2 rings (SSSR count). The van der Waals surface area contributed by atoms with Gasteiger partial charge in [0.25, 0.3) is 5.91 Å². The number of carbonyl (C=O) groups excluding carboxylic acids is 1. The molecule has 1 aliphatic carbocycles. The van der Waals surface area contributed by atoms with Crippen molar-refractivity contribution in [3.8, 4) is 5.75 Å². The maximum Gasteiger partial charge on any atom is 0.255 e. The lowest BCUT2D eigenvalue weighted by atomic mass is 10.0. The number of aliphatic hydroxyl groups excluding tert-OH is 1. The third-order valence-electron chi connectivity index (χ3n) is 3.94. The summed E-state index contributed by atoms with van der Waals surface area (Å²) < 4.78 is 11.0. The normalized spacial score (nSPS) is 16.7. The molecule has 1 aromatic carbocycles. The average molecular weight is 293 g/mol. The lowest BCUT2D eigenvalue weighted by Crippen LogP contribution is -2.43. The van der Waals surface area contributed by atoms with Crippen molar-refractivity contribution in [1.82, 2.24) is 5.32 Å². The van der Waals surface area contributed by atoms with E-state index in [1.54, 1.807) is 19.2 Å². The largest absolute Gasteiger partial charge is 0.496 e. The molecule has 1 aliphatic rings. The van der Waals surface area contributed by atoms with E-state index in [-0.39, 0.29) is 18.1 Å². The van der Waals surface area contributed by atoms with Crippen molar-refractivity contribution in [3.63, 3.8) is 0 Å². The Morgan fingerprint density at radius 1 is 1.33 bits per heavy atom. The van der Waals surface area contributed by atoms with Crippen molar-refractivity contribution < 1.29 is 19.4 Å². The molecule has 1 fully saturated rings. The minimum absolute atomic E-state index is 0.00219. The van der Waals surface area contributed by atoms with Gasteiger partial charge in [0.1, 0.15) is 5.75 Å². The van der Waals surface area contributed by atoms with Crippen LogP contribution in [0.2, 0.25) is 0 Å². The molecule has 0 aromatic heterocycles. The van der Waals surface area contributed by atoms with Gasteiger partial charge in [-0.25, -0.2) is 0 Å². The molecule has 0 spiro atoms. The summed E-state index contributed by atoms with van der Waals surface area (Å²) in [5.74, 6) is 0.401. The molecule has 21 heavy (non-hydrogen) atoms. The van der Waals surface area contributed by atoms with Crippen LogP contribution < -0.4 is 10.1 Å². The number of aliphatic hydroxyl groups is 1. The Kier molecular flexibility index (Phi) is 5.59. The van der Waals surface area contributed by atoms with E-state index in [2.05, 4.69) is 5.32 Å². The van der Waals surface area contributed by atoms with Crippen LogP contribution in [0.1, 0.15) is 36.0 Å². The molecule has 0 bridgehead atoms. The van der Waals surface area contributed by atoms with Crippen LogP contribution in [-0.4, -0.2) is 43.5 Å². The zero-order valence-corrected chi connectivity index (χ0v) is 12.4. The van der Waals surface area contributed by atoms with E-state index in [1.807, 2.05) is 12.1 Å². The van der Waals surface area contributed by atoms with Gasteiger partial charge in [-0.3, -0.25) is 4.79 Å².